The average Bonchev–Trinajstić information content (AvgIpc) is 3.53. The number of rotatable bonds is 29. The fourth-order valence-electron chi connectivity index (χ4n) is 5.49. The van der Waals surface area contributed by atoms with E-state index in [0.29, 0.717) is 130 Å². The van der Waals surface area contributed by atoms with E-state index in [1.807, 2.05) is 77.1 Å². The number of hydrogen-bond donors (Lipinski definition) is 1. The van der Waals surface area contributed by atoms with Crippen LogP contribution in [0.1, 0.15) is 56.5 Å². The van der Waals surface area contributed by atoms with Gasteiger partial charge in [-0.1, -0.05) is 23.7 Å². The summed E-state index contributed by atoms with van der Waals surface area (Å²) in [6.45, 7) is 17.5. The number of fused-ring (bicyclic) bond motifs is 3. The Kier molecular flexibility index (Phi) is 21.4. The number of benzene rings is 2. The maximum absolute atomic E-state index is 11.5. The van der Waals surface area contributed by atoms with Gasteiger partial charge < -0.3 is 52.7 Å². The molecular weight excluding hydrogens is 774 g/mol. The summed E-state index contributed by atoms with van der Waals surface area (Å²) in [5.41, 5.74) is 3.14. The van der Waals surface area contributed by atoms with Crippen molar-refractivity contribution in [3.63, 3.8) is 0 Å². The van der Waals surface area contributed by atoms with Crippen molar-refractivity contribution in [3.05, 3.63) is 70.3 Å². The van der Waals surface area contributed by atoms with Crippen LogP contribution in [0.5, 0.6) is 5.75 Å². The Bertz CT molecular complexity index is 1650. The van der Waals surface area contributed by atoms with Gasteiger partial charge in [-0.3, -0.25) is 9.56 Å². The van der Waals surface area contributed by atoms with Gasteiger partial charge in [0.1, 0.15) is 29.8 Å². The lowest BCUT2D eigenvalue weighted by Gasteiger charge is -2.19. The van der Waals surface area contributed by atoms with Gasteiger partial charge in [0.25, 0.3) is 0 Å². The van der Waals surface area contributed by atoms with Crippen molar-refractivity contribution in [2.24, 2.45) is 4.99 Å². The maximum atomic E-state index is 11.5. The molecule has 1 aliphatic heterocycles. The van der Waals surface area contributed by atoms with Crippen LogP contribution in [0.3, 0.4) is 0 Å². The number of aryl methyl sites for hydroxylation is 1. The summed E-state index contributed by atoms with van der Waals surface area (Å²) in [5, 5.41) is 12.0. The predicted octanol–water partition coefficient (Wildman–Crippen LogP) is 5.18. The minimum absolute atomic E-state index is 0.193. The number of nitrogens with one attached hydrogen (secondary N) is 1. The van der Waals surface area contributed by atoms with Crippen LogP contribution in [0.2, 0.25) is 5.02 Å². The SMILES string of the molecule is Cc1nnc2n1-c1ccc(OCCOCCOCCOCCOCCOCCOCCOCCOCCNC(=O)OC(C)(C)C)cc1C(c1ccc(Cl)cc1)=NC2C. The molecule has 3 aromatic rings. The Labute approximate surface area is 346 Å². The molecule has 58 heavy (non-hydrogen) atoms. The van der Waals surface area contributed by atoms with Gasteiger partial charge in [0.05, 0.1) is 117 Å². The number of nitrogens with zero attached hydrogens (tertiary/aromatic N) is 4. The lowest BCUT2D eigenvalue weighted by atomic mass is 10.00. The number of halogens is 1. The lowest BCUT2D eigenvalue weighted by molar-refractivity contribution is -0.0235. The first-order valence-corrected chi connectivity index (χ1v) is 20.1. The van der Waals surface area contributed by atoms with Gasteiger partial charge in [0, 0.05) is 22.7 Å². The largest absolute Gasteiger partial charge is 0.491 e. The molecule has 1 aliphatic rings. The van der Waals surface area contributed by atoms with Crippen molar-refractivity contribution in [2.45, 2.75) is 46.3 Å². The fourth-order valence-corrected chi connectivity index (χ4v) is 5.62. The molecule has 4 rings (SSSR count). The Morgan fingerprint density at radius 3 is 1.67 bits per heavy atom. The average molecular weight is 834 g/mol. The molecule has 2 heterocycles. The third-order valence-corrected chi connectivity index (χ3v) is 8.40. The molecule has 1 unspecified atom stereocenters. The number of carbonyl (C=O) groups is 1. The topological polar surface area (TPSA) is 164 Å². The zero-order valence-electron chi connectivity index (χ0n) is 34.5. The first kappa shape index (κ1) is 47.0. The summed E-state index contributed by atoms with van der Waals surface area (Å²) < 4.78 is 57.5. The summed E-state index contributed by atoms with van der Waals surface area (Å²) >= 11 is 6.18. The maximum Gasteiger partial charge on any atom is 0.407 e. The summed E-state index contributed by atoms with van der Waals surface area (Å²) in [6, 6.07) is 13.4. The van der Waals surface area contributed by atoms with Gasteiger partial charge in [-0.2, -0.15) is 0 Å². The molecule has 0 saturated heterocycles. The minimum Gasteiger partial charge on any atom is -0.491 e. The number of ether oxygens (including phenoxy) is 10. The van der Waals surface area contributed by atoms with E-state index in [1.54, 1.807) is 0 Å². The molecule has 16 nitrogen and oxygen atoms in total. The van der Waals surface area contributed by atoms with Crippen LogP contribution >= 0.6 is 11.6 Å². The second-order valence-electron chi connectivity index (χ2n) is 14.0. The zero-order chi connectivity index (χ0) is 41.4. The molecule has 0 aliphatic carbocycles. The molecule has 0 radical (unpaired) electrons. The van der Waals surface area contributed by atoms with Crippen LogP contribution in [0, 0.1) is 6.92 Å². The van der Waals surface area contributed by atoms with Gasteiger partial charge >= 0.3 is 6.09 Å². The Morgan fingerprint density at radius 1 is 0.690 bits per heavy atom. The van der Waals surface area contributed by atoms with Gasteiger partial charge in [-0.15, -0.1) is 10.2 Å². The molecule has 1 atom stereocenters. The fraction of sp³-hybridized carbons (Fsp3) is 0.610. The number of alkyl carbamates (subject to hydrolysis) is 1. The number of aromatic nitrogens is 3. The summed E-state index contributed by atoms with van der Waals surface area (Å²) in [7, 11) is 0. The van der Waals surface area contributed by atoms with E-state index in [0.717, 1.165) is 34.2 Å². The molecule has 0 spiro atoms. The van der Waals surface area contributed by atoms with Crippen LogP contribution in [-0.2, 0) is 42.6 Å². The van der Waals surface area contributed by atoms with E-state index in [2.05, 4.69) is 20.1 Å². The second-order valence-corrected chi connectivity index (χ2v) is 14.4. The van der Waals surface area contributed by atoms with E-state index in [4.69, 9.17) is 64.0 Å². The van der Waals surface area contributed by atoms with Crippen molar-refractivity contribution >= 4 is 23.4 Å². The molecule has 322 valence electrons. The van der Waals surface area contributed by atoms with E-state index >= 15 is 0 Å². The minimum atomic E-state index is -0.518. The summed E-state index contributed by atoms with van der Waals surface area (Å²) in [5.74, 6) is 2.29. The molecule has 0 bridgehead atoms. The Morgan fingerprint density at radius 2 is 1.17 bits per heavy atom. The molecule has 2 aromatic carbocycles. The quantitative estimate of drug-likeness (QED) is 0.0912. The van der Waals surface area contributed by atoms with Crippen molar-refractivity contribution in [1.82, 2.24) is 20.1 Å². The molecule has 1 N–H and O–H groups in total. The number of amides is 1. The highest BCUT2D eigenvalue weighted by Crippen LogP contribution is 2.33. The first-order valence-electron chi connectivity index (χ1n) is 19.7. The van der Waals surface area contributed by atoms with Crippen molar-refractivity contribution in [1.29, 1.82) is 0 Å². The van der Waals surface area contributed by atoms with Gasteiger partial charge in [0.15, 0.2) is 5.82 Å². The monoisotopic (exact) mass is 833 g/mol. The normalized spacial score (nSPS) is 13.8. The summed E-state index contributed by atoms with van der Waals surface area (Å²) in [4.78, 5) is 16.6. The highest BCUT2D eigenvalue weighted by atomic mass is 35.5. The number of carbonyl (C=O) groups excluding carboxylic acids is 1. The van der Waals surface area contributed by atoms with Crippen LogP contribution in [0.4, 0.5) is 4.79 Å². The standard InChI is InChI=1S/C41H60ClN5O11/c1-31-39-46-45-32(2)47(39)37-11-10-35(30-36(37)38(44-31)33-6-8-34(42)9-7-33)57-29-28-56-27-26-55-25-24-54-23-22-53-21-20-52-19-18-51-17-16-50-15-14-49-13-12-43-40(48)58-41(3,4)5/h6-11,30-31H,12-29H2,1-5H3,(H,43,48). The van der Waals surface area contributed by atoms with Crippen molar-refractivity contribution < 1.29 is 52.2 Å². The van der Waals surface area contributed by atoms with Crippen molar-refractivity contribution in [3.8, 4) is 11.4 Å². The Hall–Kier alpha value is -3.71. The molecule has 17 heteroatoms. The van der Waals surface area contributed by atoms with E-state index in [9.17, 15) is 4.79 Å². The Balaban J connectivity index is 0.919. The summed E-state index contributed by atoms with van der Waals surface area (Å²) in [6.07, 6.45) is -0.456. The van der Waals surface area contributed by atoms with Gasteiger partial charge in [0.2, 0.25) is 0 Å². The van der Waals surface area contributed by atoms with Crippen LogP contribution < -0.4 is 10.1 Å². The third-order valence-electron chi connectivity index (χ3n) is 8.14. The lowest BCUT2D eigenvalue weighted by Crippen LogP contribution is -2.34. The second kappa shape index (κ2) is 26.4. The highest BCUT2D eigenvalue weighted by molar-refractivity contribution is 6.30. The van der Waals surface area contributed by atoms with Gasteiger partial charge in [-0.05, 0) is 65.0 Å². The third kappa shape index (κ3) is 17.6. The predicted molar refractivity (Wildman–Crippen MR) is 218 cm³/mol. The number of aliphatic imine (C=N–C) groups is 1. The molecule has 0 saturated carbocycles. The highest BCUT2D eigenvalue weighted by Gasteiger charge is 2.26. The van der Waals surface area contributed by atoms with E-state index in [-0.39, 0.29) is 6.04 Å². The molecule has 1 amide bonds. The van der Waals surface area contributed by atoms with Crippen LogP contribution in [0.25, 0.3) is 5.69 Å². The van der Waals surface area contributed by atoms with E-state index in [1.165, 1.54) is 0 Å². The smallest absolute Gasteiger partial charge is 0.407 e. The number of hydrogen-bond acceptors (Lipinski definition) is 14. The van der Waals surface area contributed by atoms with Crippen molar-refractivity contribution in [2.75, 3.05) is 119 Å². The van der Waals surface area contributed by atoms with Crippen LogP contribution in [0.15, 0.2) is 47.5 Å². The van der Waals surface area contributed by atoms with Crippen LogP contribution in [-0.4, -0.2) is 151 Å². The molecule has 0 fully saturated rings. The first-order chi connectivity index (χ1) is 28.1. The van der Waals surface area contributed by atoms with Gasteiger partial charge in [-0.25, -0.2) is 4.79 Å². The van der Waals surface area contributed by atoms with E-state index < -0.39 is 11.7 Å². The zero-order valence-corrected chi connectivity index (χ0v) is 35.3. The molecule has 1 aromatic heterocycles. The molecular formula is C41H60ClN5O11.